The molecule has 0 saturated carbocycles. The second-order valence-corrected chi connectivity index (χ2v) is 5.72. The summed E-state index contributed by atoms with van der Waals surface area (Å²) >= 11 is 5.65. The minimum atomic E-state index is -4.16. The normalized spacial score (nSPS) is 11.2. The van der Waals surface area contributed by atoms with Crippen LogP contribution in [-0.4, -0.2) is 34.8 Å². The molecule has 2 rings (SSSR count). The van der Waals surface area contributed by atoms with Crippen LogP contribution in [0.25, 0.3) is 0 Å². The van der Waals surface area contributed by atoms with E-state index in [0.717, 1.165) is 6.20 Å². The number of hydrogen-bond donors (Lipinski definition) is 4. The molecular weight excluding hydrogens is 310 g/mol. The first kappa shape index (κ1) is 14.2. The van der Waals surface area contributed by atoms with Gasteiger partial charge in [-0.25, -0.2) is 4.79 Å². The van der Waals surface area contributed by atoms with Crippen LogP contribution in [0.1, 0.15) is 10.4 Å². The molecule has 0 aliphatic carbocycles. The second-order valence-electron chi connectivity index (χ2n) is 3.69. The maximum absolute atomic E-state index is 12.0. The van der Waals surface area contributed by atoms with Crippen molar-refractivity contribution in [3.63, 3.8) is 0 Å². The molecule has 0 aliphatic heterocycles. The molecule has 0 unspecified atom stereocenters. The number of carboxylic acids is 1. The van der Waals surface area contributed by atoms with Crippen LogP contribution in [0.2, 0.25) is 5.02 Å². The van der Waals surface area contributed by atoms with E-state index in [-0.39, 0.29) is 16.5 Å². The molecule has 0 bridgehead atoms. The van der Waals surface area contributed by atoms with Crippen LogP contribution in [0.3, 0.4) is 0 Å². The van der Waals surface area contributed by atoms with Crippen LogP contribution in [0.4, 0.5) is 5.69 Å². The maximum atomic E-state index is 12.0. The fourth-order valence-corrected chi connectivity index (χ4v) is 2.73. The number of aromatic carboxylic acids is 1. The number of aromatic amines is 1. The maximum Gasteiger partial charge on any atom is 0.340 e. The van der Waals surface area contributed by atoms with Crippen LogP contribution in [0.5, 0.6) is 5.75 Å². The SMILES string of the molecule is O=C(O)c1cn[nH]c1S(=O)(=O)Nc1ccc(O)c(Cl)c1. The predicted molar refractivity (Wildman–Crippen MR) is 69.5 cm³/mol. The van der Waals surface area contributed by atoms with Gasteiger partial charge in [-0.1, -0.05) is 11.6 Å². The average molecular weight is 318 g/mol. The summed E-state index contributed by atoms with van der Waals surface area (Å²) in [5.74, 6) is -1.63. The zero-order valence-electron chi connectivity index (χ0n) is 9.66. The van der Waals surface area contributed by atoms with Crippen LogP contribution in [0.15, 0.2) is 29.4 Å². The first-order valence-electron chi connectivity index (χ1n) is 5.09. The third-order valence-corrected chi connectivity index (χ3v) is 3.96. The number of aromatic hydroxyl groups is 1. The van der Waals surface area contributed by atoms with Crippen LogP contribution < -0.4 is 4.72 Å². The Kier molecular flexibility index (Phi) is 3.55. The number of aromatic nitrogens is 2. The standard InChI is InChI=1S/C10H8ClN3O5S/c11-7-3-5(1-2-8(7)15)14-20(18,19)9-6(10(16)17)4-12-13-9/h1-4,14-15H,(H,12,13)(H,16,17). The number of carboxylic acid groups (broad SMARTS) is 1. The van der Waals surface area contributed by atoms with Crippen molar-refractivity contribution in [3.05, 3.63) is 35.0 Å². The Morgan fingerprint density at radius 2 is 2.10 bits per heavy atom. The zero-order chi connectivity index (χ0) is 14.9. The summed E-state index contributed by atoms with van der Waals surface area (Å²) in [5.41, 5.74) is -0.416. The van der Waals surface area contributed by atoms with Gasteiger partial charge in [-0.3, -0.25) is 9.82 Å². The number of benzene rings is 1. The number of nitrogens with one attached hydrogen (secondary N) is 2. The Labute approximate surface area is 118 Å². The van der Waals surface area contributed by atoms with E-state index in [1.165, 1.54) is 18.2 Å². The lowest BCUT2D eigenvalue weighted by Gasteiger charge is -2.08. The van der Waals surface area contributed by atoms with Crippen molar-refractivity contribution in [3.8, 4) is 5.75 Å². The predicted octanol–water partition coefficient (Wildman–Crippen LogP) is 1.27. The summed E-state index contributed by atoms with van der Waals surface area (Å²) in [6.45, 7) is 0. The molecule has 2 aromatic rings. The Bertz CT molecular complexity index is 771. The molecule has 106 valence electrons. The van der Waals surface area contributed by atoms with Crippen molar-refractivity contribution in [2.75, 3.05) is 4.72 Å². The third-order valence-electron chi connectivity index (χ3n) is 2.30. The molecule has 0 aliphatic rings. The van der Waals surface area contributed by atoms with E-state index in [4.69, 9.17) is 16.7 Å². The van der Waals surface area contributed by atoms with Gasteiger partial charge in [0.25, 0.3) is 10.0 Å². The van der Waals surface area contributed by atoms with Gasteiger partial charge in [0, 0.05) is 0 Å². The largest absolute Gasteiger partial charge is 0.506 e. The van der Waals surface area contributed by atoms with Crippen LogP contribution >= 0.6 is 11.6 Å². The number of rotatable bonds is 4. The fourth-order valence-electron chi connectivity index (χ4n) is 1.41. The van der Waals surface area contributed by atoms with E-state index in [0.29, 0.717) is 0 Å². The monoisotopic (exact) mass is 317 g/mol. The van der Waals surface area contributed by atoms with E-state index >= 15 is 0 Å². The van der Waals surface area contributed by atoms with Crippen molar-refractivity contribution in [2.45, 2.75) is 5.03 Å². The minimum Gasteiger partial charge on any atom is -0.506 e. The number of H-pyrrole nitrogens is 1. The summed E-state index contributed by atoms with van der Waals surface area (Å²) in [7, 11) is -4.16. The van der Waals surface area contributed by atoms with Gasteiger partial charge in [0.15, 0.2) is 5.03 Å². The summed E-state index contributed by atoms with van der Waals surface area (Å²) in [5, 5.41) is 23.0. The first-order valence-corrected chi connectivity index (χ1v) is 6.95. The number of phenols is 1. The summed E-state index contributed by atoms with van der Waals surface area (Å²) in [6.07, 6.45) is 0.890. The van der Waals surface area contributed by atoms with Crippen molar-refractivity contribution >= 4 is 33.3 Å². The zero-order valence-corrected chi connectivity index (χ0v) is 11.2. The molecule has 4 N–H and O–H groups in total. The molecule has 0 saturated heterocycles. The summed E-state index contributed by atoms with van der Waals surface area (Å²) in [4.78, 5) is 10.9. The van der Waals surface area contributed by atoms with Gasteiger partial charge >= 0.3 is 5.97 Å². The Morgan fingerprint density at radius 1 is 1.40 bits per heavy atom. The van der Waals surface area contributed by atoms with Crippen molar-refractivity contribution in [1.82, 2.24) is 10.2 Å². The molecule has 20 heavy (non-hydrogen) atoms. The Morgan fingerprint density at radius 3 is 2.70 bits per heavy atom. The van der Waals surface area contributed by atoms with Gasteiger partial charge in [0.05, 0.1) is 16.9 Å². The molecule has 1 aromatic heterocycles. The molecule has 1 aromatic carbocycles. The van der Waals surface area contributed by atoms with E-state index in [1.807, 2.05) is 0 Å². The molecule has 0 spiro atoms. The van der Waals surface area contributed by atoms with Crippen LogP contribution in [-0.2, 0) is 10.0 Å². The smallest absolute Gasteiger partial charge is 0.340 e. The quantitative estimate of drug-likeness (QED) is 0.628. The third kappa shape index (κ3) is 2.68. The second kappa shape index (κ2) is 5.02. The highest BCUT2D eigenvalue weighted by molar-refractivity contribution is 7.92. The number of sulfonamides is 1. The molecule has 0 atom stereocenters. The van der Waals surface area contributed by atoms with Gasteiger partial charge in [0.1, 0.15) is 11.3 Å². The molecular formula is C10H8ClN3O5S. The Hall–Kier alpha value is -2.26. The number of anilines is 1. The number of hydrogen-bond acceptors (Lipinski definition) is 5. The molecule has 0 amide bonds. The van der Waals surface area contributed by atoms with E-state index in [2.05, 4.69) is 14.9 Å². The van der Waals surface area contributed by atoms with E-state index in [1.54, 1.807) is 0 Å². The average Bonchev–Trinajstić information content (AvgIpc) is 2.83. The van der Waals surface area contributed by atoms with E-state index in [9.17, 15) is 18.3 Å². The minimum absolute atomic E-state index is 0.0479. The van der Waals surface area contributed by atoms with Crippen molar-refractivity contribution in [2.24, 2.45) is 0 Å². The lowest BCUT2D eigenvalue weighted by molar-refractivity contribution is 0.0692. The topological polar surface area (TPSA) is 132 Å². The molecule has 8 nitrogen and oxygen atoms in total. The molecule has 0 fully saturated rings. The van der Waals surface area contributed by atoms with Crippen molar-refractivity contribution < 1.29 is 23.4 Å². The lowest BCUT2D eigenvalue weighted by Crippen LogP contribution is -2.16. The number of carbonyl (C=O) groups is 1. The highest BCUT2D eigenvalue weighted by atomic mass is 35.5. The molecule has 0 radical (unpaired) electrons. The molecule has 10 heteroatoms. The van der Waals surface area contributed by atoms with Gasteiger partial charge in [-0.2, -0.15) is 13.5 Å². The van der Waals surface area contributed by atoms with Gasteiger partial charge in [-0.15, -0.1) is 0 Å². The van der Waals surface area contributed by atoms with Gasteiger partial charge < -0.3 is 10.2 Å². The summed E-state index contributed by atoms with van der Waals surface area (Å²) < 4.78 is 26.2. The lowest BCUT2D eigenvalue weighted by atomic mass is 10.3. The van der Waals surface area contributed by atoms with Crippen LogP contribution in [0, 0.1) is 0 Å². The highest BCUT2D eigenvalue weighted by Gasteiger charge is 2.25. The Balaban J connectivity index is 2.38. The van der Waals surface area contributed by atoms with E-state index < -0.39 is 26.6 Å². The first-order chi connectivity index (χ1) is 9.31. The van der Waals surface area contributed by atoms with Gasteiger partial charge in [0.2, 0.25) is 0 Å². The van der Waals surface area contributed by atoms with Gasteiger partial charge in [-0.05, 0) is 18.2 Å². The fraction of sp³-hybridized carbons (Fsp3) is 0. The summed E-state index contributed by atoms with van der Waals surface area (Å²) in [6, 6.07) is 3.66. The number of nitrogens with zero attached hydrogens (tertiary/aromatic N) is 1. The van der Waals surface area contributed by atoms with Crippen molar-refractivity contribution in [1.29, 1.82) is 0 Å². The highest BCUT2D eigenvalue weighted by Crippen LogP contribution is 2.27. The number of halogens is 1. The number of phenolic OH excluding ortho intramolecular Hbond substituents is 1. The molecule has 1 heterocycles.